The van der Waals surface area contributed by atoms with Gasteiger partial charge in [0.05, 0.1) is 11.6 Å². The molecule has 0 atom stereocenters. The highest BCUT2D eigenvalue weighted by atomic mass is 16.3. The molecule has 0 spiro atoms. The number of hydrogen-bond acceptors (Lipinski definition) is 3. The van der Waals surface area contributed by atoms with Crippen molar-refractivity contribution >= 4 is 17.3 Å². The summed E-state index contributed by atoms with van der Waals surface area (Å²) in [5.41, 5.74) is 19.9. The largest absolute Gasteiger partial charge is 0.508 e. The highest BCUT2D eigenvalue weighted by Crippen LogP contribution is 2.43. The maximum atomic E-state index is 10.1. The van der Waals surface area contributed by atoms with E-state index in [4.69, 9.17) is 5.73 Å². The molecule has 3 heteroatoms. The quantitative estimate of drug-likeness (QED) is 0.233. The van der Waals surface area contributed by atoms with E-state index in [-0.39, 0.29) is 5.76 Å². The predicted molar refractivity (Wildman–Crippen MR) is 152 cm³/mol. The molecule has 0 aliphatic rings. The van der Waals surface area contributed by atoms with Gasteiger partial charge in [0, 0.05) is 22.4 Å². The molecular weight excluding hydrogens is 428 g/mol. The topological polar surface area (TPSA) is 70.0 Å². The molecule has 0 radical (unpaired) electrons. The minimum absolute atomic E-state index is 0.110. The van der Waals surface area contributed by atoms with Crippen molar-refractivity contribution in [3.8, 4) is 17.2 Å². The summed E-state index contributed by atoms with van der Waals surface area (Å²) in [5, 5.41) is 19.9. The molecule has 0 aliphatic heterocycles. The Bertz CT molecular complexity index is 1320. The van der Waals surface area contributed by atoms with Crippen LogP contribution in [-0.4, -0.2) is 5.11 Å². The minimum Gasteiger partial charge on any atom is -0.508 e. The van der Waals surface area contributed by atoms with Crippen LogP contribution in [0.4, 0.5) is 0 Å². The summed E-state index contributed by atoms with van der Waals surface area (Å²) in [5.74, 6) is -0.110. The molecule has 2 rings (SSSR count). The number of rotatable bonds is 8. The van der Waals surface area contributed by atoms with Crippen molar-refractivity contribution in [3.63, 3.8) is 0 Å². The van der Waals surface area contributed by atoms with E-state index >= 15 is 0 Å². The summed E-state index contributed by atoms with van der Waals surface area (Å²) in [6, 6.07) is 6.73. The second-order valence-corrected chi connectivity index (χ2v) is 9.15. The number of aliphatic hydroxyl groups excluding tert-OH is 1. The van der Waals surface area contributed by atoms with Crippen molar-refractivity contribution in [1.29, 1.82) is 5.26 Å². The van der Waals surface area contributed by atoms with E-state index in [2.05, 4.69) is 72.6 Å². The maximum Gasteiger partial charge on any atom is 0.115 e. The van der Waals surface area contributed by atoms with Crippen molar-refractivity contribution in [2.45, 2.75) is 61.3 Å². The lowest BCUT2D eigenvalue weighted by atomic mass is 9.78. The van der Waals surface area contributed by atoms with E-state index in [1.165, 1.54) is 5.56 Å². The lowest BCUT2D eigenvalue weighted by Crippen LogP contribution is -2.11. The third-order valence-corrected chi connectivity index (χ3v) is 6.78. The van der Waals surface area contributed by atoms with E-state index in [9.17, 15) is 10.4 Å². The zero-order chi connectivity index (χ0) is 26.6. The molecule has 2 aromatic carbocycles. The van der Waals surface area contributed by atoms with Gasteiger partial charge in [-0.1, -0.05) is 57.4 Å². The van der Waals surface area contributed by atoms with Gasteiger partial charge in [0.1, 0.15) is 5.76 Å². The fourth-order valence-corrected chi connectivity index (χ4v) is 4.85. The van der Waals surface area contributed by atoms with Crippen LogP contribution in [0.15, 0.2) is 54.9 Å². The molecule has 0 bridgehead atoms. The van der Waals surface area contributed by atoms with E-state index in [0.717, 1.165) is 68.5 Å². The van der Waals surface area contributed by atoms with Crippen LogP contribution in [0.3, 0.4) is 0 Å². The van der Waals surface area contributed by atoms with Crippen LogP contribution in [0.1, 0.15) is 72.2 Å². The van der Waals surface area contributed by atoms with Crippen LogP contribution < -0.4 is 5.73 Å². The summed E-state index contributed by atoms with van der Waals surface area (Å²) in [7, 11) is 0. The molecule has 3 nitrogen and oxygen atoms in total. The third kappa shape index (κ3) is 5.03. The van der Waals surface area contributed by atoms with Crippen molar-refractivity contribution in [3.05, 3.63) is 99.4 Å². The number of hydrogen-bond donors (Lipinski definition) is 2. The number of aliphatic hydroxyl groups is 1. The Balaban J connectivity index is 3.17. The fourth-order valence-electron chi connectivity index (χ4n) is 4.85. The van der Waals surface area contributed by atoms with Crippen molar-refractivity contribution in [2.75, 3.05) is 0 Å². The Morgan fingerprint density at radius 2 is 1.63 bits per heavy atom. The van der Waals surface area contributed by atoms with Crippen molar-refractivity contribution < 1.29 is 5.11 Å². The molecule has 0 fully saturated rings. The summed E-state index contributed by atoms with van der Waals surface area (Å²) in [4.78, 5) is 0. The second kappa shape index (κ2) is 11.1. The minimum atomic E-state index is -0.110. The molecule has 0 unspecified atom stereocenters. The van der Waals surface area contributed by atoms with Gasteiger partial charge in [-0.25, -0.2) is 0 Å². The first-order chi connectivity index (χ1) is 16.5. The third-order valence-electron chi connectivity index (χ3n) is 6.78. The highest BCUT2D eigenvalue weighted by molar-refractivity contribution is 5.94. The first-order valence-corrected chi connectivity index (χ1v) is 12.0. The highest BCUT2D eigenvalue weighted by Gasteiger charge is 2.24. The number of allylic oxidation sites excluding steroid dienone is 3. The second-order valence-electron chi connectivity index (χ2n) is 9.15. The molecule has 0 aliphatic carbocycles. The molecule has 0 heterocycles. The SMILES string of the molecule is C=Cc1c(C)c(-c2ccc(C)c(C)c2C(C#N)=C(C)C)c(CC)c(CC)c1/C(N)=C\C(=C)C(=C)O. The first-order valence-electron chi connectivity index (χ1n) is 12.0. The zero-order valence-electron chi connectivity index (χ0n) is 22.3. The van der Waals surface area contributed by atoms with Crippen LogP contribution in [0.2, 0.25) is 0 Å². The molecule has 0 saturated heterocycles. The molecular formula is C32H38N2O. The molecule has 0 saturated carbocycles. The summed E-state index contributed by atoms with van der Waals surface area (Å²) >= 11 is 0. The lowest BCUT2D eigenvalue weighted by molar-refractivity contribution is 0.429. The van der Waals surface area contributed by atoms with Gasteiger partial charge in [-0.3, -0.25) is 0 Å². The fraction of sp³-hybridized carbons (Fsp3) is 0.281. The summed E-state index contributed by atoms with van der Waals surface area (Å²) in [6.45, 7) is 26.1. The summed E-state index contributed by atoms with van der Waals surface area (Å²) < 4.78 is 0. The average Bonchev–Trinajstić information content (AvgIpc) is 2.81. The average molecular weight is 467 g/mol. The number of nitriles is 1. The zero-order valence-corrected chi connectivity index (χ0v) is 22.3. The molecule has 2 aromatic rings. The van der Waals surface area contributed by atoms with Gasteiger partial charge in [0.25, 0.3) is 0 Å². The van der Waals surface area contributed by atoms with E-state index in [1.54, 1.807) is 6.08 Å². The summed E-state index contributed by atoms with van der Waals surface area (Å²) in [6.07, 6.45) is 5.08. The van der Waals surface area contributed by atoms with Crippen LogP contribution in [0.5, 0.6) is 0 Å². The Morgan fingerprint density at radius 3 is 2.09 bits per heavy atom. The van der Waals surface area contributed by atoms with Gasteiger partial charge in [0.2, 0.25) is 0 Å². The Kier molecular flexibility index (Phi) is 8.72. The number of nitrogens with zero attached hydrogens (tertiary/aromatic N) is 1. The van der Waals surface area contributed by atoms with E-state index < -0.39 is 0 Å². The number of benzene rings is 2. The smallest absolute Gasteiger partial charge is 0.115 e. The molecule has 35 heavy (non-hydrogen) atoms. The Morgan fingerprint density at radius 1 is 1.03 bits per heavy atom. The number of nitrogens with two attached hydrogens (primary N) is 1. The first kappa shape index (κ1) is 27.5. The number of aryl methyl sites for hydroxylation is 1. The standard InChI is InChI=1S/C32H38N2O/c1-11-24-22(9)31(27-15-14-19(6)21(8)30(27)28(17-33)18(4)5)25(12-2)26(13-3)32(24)29(34)16-20(7)23(10)35/h11,14-16,35H,1,7,10,12-13,34H2,2-6,8-9H3/b29-16+. The Hall–Kier alpha value is -3.77. The van der Waals surface area contributed by atoms with Gasteiger partial charge in [0.15, 0.2) is 0 Å². The van der Waals surface area contributed by atoms with Crippen molar-refractivity contribution in [1.82, 2.24) is 0 Å². The van der Waals surface area contributed by atoms with Gasteiger partial charge < -0.3 is 10.8 Å². The normalized spacial score (nSPS) is 11.1. The molecule has 182 valence electrons. The molecule has 0 amide bonds. The van der Waals surface area contributed by atoms with Gasteiger partial charge in [-0.2, -0.15) is 5.26 Å². The molecule has 3 N–H and O–H groups in total. The van der Waals surface area contributed by atoms with Crippen LogP contribution in [-0.2, 0) is 12.8 Å². The Labute approximate surface area is 211 Å². The van der Waals surface area contributed by atoms with Crippen molar-refractivity contribution in [2.24, 2.45) is 5.73 Å². The van der Waals surface area contributed by atoms with E-state index in [1.807, 2.05) is 19.9 Å². The lowest BCUT2D eigenvalue weighted by Gasteiger charge is -2.26. The van der Waals surface area contributed by atoms with Crippen LogP contribution in [0, 0.1) is 32.1 Å². The maximum absolute atomic E-state index is 10.1. The predicted octanol–water partition coefficient (Wildman–Crippen LogP) is 8.29. The van der Waals surface area contributed by atoms with Gasteiger partial charge in [-0.15, -0.1) is 0 Å². The van der Waals surface area contributed by atoms with Crippen LogP contribution in [0.25, 0.3) is 28.5 Å². The van der Waals surface area contributed by atoms with Gasteiger partial charge in [-0.05, 0) is 98.0 Å². The monoisotopic (exact) mass is 466 g/mol. The van der Waals surface area contributed by atoms with Gasteiger partial charge >= 0.3 is 0 Å². The molecule has 0 aromatic heterocycles. The van der Waals surface area contributed by atoms with Crippen LogP contribution >= 0.6 is 0 Å². The van der Waals surface area contributed by atoms with E-state index in [0.29, 0.717) is 16.8 Å².